The molecule has 0 saturated carbocycles. The molecule has 3 heteroatoms. The first-order valence-electron chi connectivity index (χ1n) is 7.58. The highest BCUT2D eigenvalue weighted by molar-refractivity contribution is 6.04. The normalized spacial score (nSPS) is 10.2. The molecule has 0 aliphatic rings. The van der Waals surface area contributed by atoms with Crippen LogP contribution in [0.15, 0.2) is 73.3 Å². The molecule has 0 heterocycles. The van der Waals surface area contributed by atoms with E-state index < -0.39 is 0 Å². The second-order valence-electron chi connectivity index (χ2n) is 5.44. The third-order valence-electron chi connectivity index (χ3n) is 4.10. The average Bonchev–Trinajstić information content (AvgIpc) is 2.65. The van der Waals surface area contributed by atoms with Crippen LogP contribution in [0.1, 0.15) is 5.56 Å². The fourth-order valence-corrected chi connectivity index (χ4v) is 2.88. The van der Waals surface area contributed by atoms with E-state index in [1.165, 1.54) is 11.0 Å². The van der Waals surface area contributed by atoms with E-state index in [2.05, 4.69) is 12.6 Å². The van der Waals surface area contributed by atoms with Gasteiger partial charge in [0.05, 0.1) is 11.3 Å². The Labute approximate surface area is 141 Å². The minimum Gasteiger partial charge on any atom is -0.311 e. The number of nitrogens with zero attached hydrogens (tertiary/aromatic N) is 2. The van der Waals surface area contributed by atoms with Crippen molar-refractivity contribution in [3.05, 3.63) is 78.9 Å². The van der Waals surface area contributed by atoms with Crippen LogP contribution in [0, 0.1) is 11.3 Å². The molecule has 0 aliphatic heterocycles. The zero-order chi connectivity index (χ0) is 17.1. The molecular formula is C21H16N2O. The fourth-order valence-electron chi connectivity index (χ4n) is 2.88. The van der Waals surface area contributed by atoms with E-state index in [0.29, 0.717) is 11.3 Å². The number of hydrogen-bond acceptors (Lipinski definition) is 2. The second-order valence-corrected chi connectivity index (χ2v) is 5.44. The highest BCUT2D eigenvalue weighted by Gasteiger charge is 2.17. The topological polar surface area (TPSA) is 44.1 Å². The first-order valence-corrected chi connectivity index (χ1v) is 7.58. The lowest BCUT2D eigenvalue weighted by Gasteiger charge is -2.19. The summed E-state index contributed by atoms with van der Waals surface area (Å²) in [6.07, 6.45) is 1.24. The predicted octanol–water partition coefficient (Wildman–Crippen LogP) is 4.53. The third-order valence-corrected chi connectivity index (χ3v) is 4.10. The lowest BCUT2D eigenvalue weighted by atomic mass is 9.94. The number of carbonyl (C=O) groups is 1. The zero-order valence-electron chi connectivity index (χ0n) is 13.4. The molecule has 3 nitrogen and oxygen atoms in total. The van der Waals surface area contributed by atoms with E-state index in [9.17, 15) is 10.1 Å². The highest BCUT2D eigenvalue weighted by atomic mass is 16.2. The molecule has 0 aliphatic carbocycles. The lowest BCUT2D eigenvalue weighted by molar-refractivity contribution is -0.113. The van der Waals surface area contributed by atoms with Crippen molar-refractivity contribution >= 4 is 22.4 Å². The van der Waals surface area contributed by atoms with Gasteiger partial charge < -0.3 is 4.90 Å². The molecule has 3 rings (SSSR count). The number of hydrogen-bond donors (Lipinski definition) is 0. The van der Waals surface area contributed by atoms with Gasteiger partial charge in [-0.15, -0.1) is 0 Å². The minimum atomic E-state index is -0.249. The van der Waals surface area contributed by atoms with Crippen molar-refractivity contribution in [2.75, 3.05) is 11.9 Å². The van der Waals surface area contributed by atoms with Gasteiger partial charge in [0.25, 0.3) is 0 Å². The van der Waals surface area contributed by atoms with Gasteiger partial charge in [0.2, 0.25) is 5.91 Å². The number of benzene rings is 3. The summed E-state index contributed by atoms with van der Waals surface area (Å²) < 4.78 is 0. The van der Waals surface area contributed by atoms with Gasteiger partial charge in [0.1, 0.15) is 6.07 Å². The van der Waals surface area contributed by atoms with E-state index >= 15 is 0 Å². The SMILES string of the molecule is C=CC(=O)N(C)c1cccc(-c2cccc3ccccc23)c1C#N. The van der Waals surface area contributed by atoms with Crippen LogP contribution in [-0.4, -0.2) is 13.0 Å². The van der Waals surface area contributed by atoms with Gasteiger partial charge in [-0.05, 0) is 28.5 Å². The summed E-state index contributed by atoms with van der Waals surface area (Å²) in [5.41, 5.74) is 2.85. The van der Waals surface area contributed by atoms with E-state index in [1.807, 2.05) is 54.6 Å². The summed E-state index contributed by atoms with van der Waals surface area (Å²) in [4.78, 5) is 13.4. The molecule has 0 unspecified atom stereocenters. The average molecular weight is 312 g/mol. The monoisotopic (exact) mass is 312 g/mol. The van der Waals surface area contributed by atoms with Gasteiger partial charge in [0.15, 0.2) is 0 Å². The molecule has 3 aromatic rings. The molecule has 0 radical (unpaired) electrons. The van der Waals surface area contributed by atoms with Crippen molar-refractivity contribution in [3.63, 3.8) is 0 Å². The van der Waals surface area contributed by atoms with Gasteiger partial charge in [-0.1, -0.05) is 61.2 Å². The van der Waals surface area contributed by atoms with Crippen molar-refractivity contribution in [2.45, 2.75) is 0 Å². The molecule has 3 aromatic carbocycles. The molecule has 0 fully saturated rings. The Bertz CT molecular complexity index is 977. The van der Waals surface area contributed by atoms with Gasteiger partial charge in [-0.3, -0.25) is 4.79 Å². The number of anilines is 1. The number of amides is 1. The molecule has 0 N–H and O–H groups in total. The van der Waals surface area contributed by atoms with E-state index in [4.69, 9.17) is 0 Å². The standard InChI is InChI=1S/C21H16N2O/c1-3-21(24)23(2)20-13-7-12-18(19(20)14-22)17-11-6-9-15-8-4-5-10-16(15)17/h3-13H,1H2,2H3. The molecule has 0 aromatic heterocycles. The van der Waals surface area contributed by atoms with Crippen molar-refractivity contribution in [1.82, 2.24) is 0 Å². The Hall–Kier alpha value is -3.38. The van der Waals surface area contributed by atoms with Gasteiger partial charge >= 0.3 is 0 Å². The van der Waals surface area contributed by atoms with Crippen LogP contribution in [0.2, 0.25) is 0 Å². The first-order chi connectivity index (χ1) is 11.7. The number of rotatable bonds is 3. The molecule has 0 saturated heterocycles. The van der Waals surface area contributed by atoms with Crippen LogP contribution in [0.3, 0.4) is 0 Å². The van der Waals surface area contributed by atoms with E-state index in [0.717, 1.165) is 21.9 Å². The molecule has 0 atom stereocenters. The largest absolute Gasteiger partial charge is 0.311 e. The summed E-state index contributed by atoms with van der Waals surface area (Å²) in [5, 5.41) is 11.9. The Kier molecular flexibility index (Phi) is 4.13. The number of nitriles is 1. The van der Waals surface area contributed by atoms with Crippen molar-refractivity contribution < 1.29 is 4.79 Å². The predicted molar refractivity (Wildman–Crippen MR) is 97.7 cm³/mol. The molecule has 24 heavy (non-hydrogen) atoms. The third kappa shape index (κ3) is 2.55. The van der Waals surface area contributed by atoms with Crippen LogP contribution in [-0.2, 0) is 4.79 Å². The fraction of sp³-hybridized carbons (Fsp3) is 0.0476. The minimum absolute atomic E-state index is 0.249. The second kappa shape index (κ2) is 6.39. The first kappa shape index (κ1) is 15.5. The smallest absolute Gasteiger partial charge is 0.250 e. The Morgan fingerprint density at radius 2 is 1.71 bits per heavy atom. The molecule has 0 bridgehead atoms. The quantitative estimate of drug-likeness (QED) is 0.667. The van der Waals surface area contributed by atoms with Gasteiger partial charge in [-0.2, -0.15) is 5.26 Å². The summed E-state index contributed by atoms with van der Waals surface area (Å²) in [6, 6.07) is 21.9. The lowest BCUT2D eigenvalue weighted by Crippen LogP contribution is -2.24. The van der Waals surface area contributed by atoms with Gasteiger partial charge in [0, 0.05) is 12.6 Å². The van der Waals surface area contributed by atoms with Crippen molar-refractivity contribution in [1.29, 1.82) is 5.26 Å². The summed E-state index contributed by atoms with van der Waals surface area (Å²) in [5.74, 6) is -0.249. The van der Waals surface area contributed by atoms with E-state index in [-0.39, 0.29) is 5.91 Å². The number of likely N-dealkylation sites (N-methyl/N-ethyl adjacent to an activating group) is 1. The molecule has 0 spiro atoms. The molecular weight excluding hydrogens is 296 g/mol. The molecule has 116 valence electrons. The van der Waals surface area contributed by atoms with Crippen molar-refractivity contribution in [3.8, 4) is 17.2 Å². The van der Waals surface area contributed by atoms with Crippen LogP contribution in [0.25, 0.3) is 21.9 Å². The van der Waals surface area contributed by atoms with Crippen LogP contribution in [0.5, 0.6) is 0 Å². The summed E-state index contributed by atoms with van der Waals surface area (Å²) in [6.45, 7) is 3.51. The summed E-state index contributed by atoms with van der Waals surface area (Å²) in [7, 11) is 1.65. The number of fused-ring (bicyclic) bond motifs is 1. The number of carbonyl (C=O) groups excluding carboxylic acids is 1. The Balaban J connectivity index is 2.27. The highest BCUT2D eigenvalue weighted by Crippen LogP contribution is 2.34. The maximum Gasteiger partial charge on any atom is 0.250 e. The van der Waals surface area contributed by atoms with Crippen LogP contribution in [0.4, 0.5) is 5.69 Å². The van der Waals surface area contributed by atoms with Gasteiger partial charge in [-0.25, -0.2) is 0 Å². The zero-order valence-corrected chi connectivity index (χ0v) is 13.4. The van der Waals surface area contributed by atoms with E-state index in [1.54, 1.807) is 13.1 Å². The maximum absolute atomic E-state index is 11.9. The Morgan fingerprint density at radius 1 is 1.04 bits per heavy atom. The van der Waals surface area contributed by atoms with Crippen LogP contribution >= 0.6 is 0 Å². The molecule has 1 amide bonds. The van der Waals surface area contributed by atoms with Crippen molar-refractivity contribution in [2.24, 2.45) is 0 Å². The Morgan fingerprint density at radius 3 is 2.46 bits per heavy atom. The maximum atomic E-state index is 11.9. The summed E-state index contributed by atoms with van der Waals surface area (Å²) >= 11 is 0. The van der Waals surface area contributed by atoms with Crippen LogP contribution < -0.4 is 4.90 Å².